The standard InChI is InChI=1S/C24H28N4O3.ClH/c1-15-11-16(2)24-20(12-15)19(17(3)26-24)13-23(31)28-27-22(30)10-9-21(29)25-14-18-7-5-4-6-8-18;/h4-8,11-12,26H,9-10,13-14H2,1-3H3,(H,25,29)(H,27,30)(H,28,31);1H. The lowest BCUT2D eigenvalue weighted by atomic mass is 10.0. The lowest BCUT2D eigenvalue weighted by molar-refractivity contribution is -0.130. The van der Waals surface area contributed by atoms with Gasteiger partial charge in [0.15, 0.2) is 0 Å². The molecule has 4 N–H and O–H groups in total. The van der Waals surface area contributed by atoms with Crippen molar-refractivity contribution in [3.05, 3.63) is 70.4 Å². The number of hydrogen-bond acceptors (Lipinski definition) is 3. The van der Waals surface area contributed by atoms with Crippen molar-refractivity contribution >= 4 is 41.0 Å². The molecule has 0 unspecified atom stereocenters. The Balaban J connectivity index is 0.00000363. The maximum atomic E-state index is 12.4. The minimum Gasteiger partial charge on any atom is -0.358 e. The monoisotopic (exact) mass is 456 g/mol. The maximum Gasteiger partial charge on any atom is 0.242 e. The van der Waals surface area contributed by atoms with E-state index in [-0.39, 0.29) is 43.5 Å². The average molecular weight is 457 g/mol. The smallest absolute Gasteiger partial charge is 0.242 e. The SMILES string of the molecule is Cc1cc(C)c2[nH]c(C)c(CC(=O)NNC(=O)CCC(=O)NCc3ccccc3)c2c1.Cl. The van der Waals surface area contributed by atoms with Gasteiger partial charge in [-0.15, -0.1) is 12.4 Å². The van der Waals surface area contributed by atoms with Crippen LogP contribution in [0.1, 0.15) is 40.8 Å². The largest absolute Gasteiger partial charge is 0.358 e. The molecule has 170 valence electrons. The van der Waals surface area contributed by atoms with Crippen LogP contribution in [0.2, 0.25) is 0 Å². The number of fused-ring (bicyclic) bond motifs is 1. The van der Waals surface area contributed by atoms with E-state index in [4.69, 9.17) is 0 Å². The molecule has 0 aliphatic rings. The highest BCUT2D eigenvalue weighted by Crippen LogP contribution is 2.26. The molecule has 7 nitrogen and oxygen atoms in total. The topological polar surface area (TPSA) is 103 Å². The third-order valence-electron chi connectivity index (χ3n) is 5.16. The van der Waals surface area contributed by atoms with Crippen molar-refractivity contribution in [2.45, 2.75) is 46.6 Å². The number of carbonyl (C=O) groups is 3. The Morgan fingerprint density at radius 2 is 1.53 bits per heavy atom. The Morgan fingerprint density at radius 1 is 0.875 bits per heavy atom. The molecule has 0 saturated carbocycles. The maximum absolute atomic E-state index is 12.4. The summed E-state index contributed by atoms with van der Waals surface area (Å²) in [5.41, 5.74) is 10.9. The highest BCUT2D eigenvalue weighted by atomic mass is 35.5. The van der Waals surface area contributed by atoms with Crippen molar-refractivity contribution in [2.75, 3.05) is 0 Å². The van der Waals surface area contributed by atoms with Crippen LogP contribution < -0.4 is 16.2 Å². The van der Waals surface area contributed by atoms with Gasteiger partial charge in [0.1, 0.15) is 0 Å². The number of hydrogen-bond donors (Lipinski definition) is 4. The first-order valence-electron chi connectivity index (χ1n) is 10.3. The van der Waals surface area contributed by atoms with Gasteiger partial charge in [0.05, 0.1) is 6.42 Å². The normalized spacial score (nSPS) is 10.3. The summed E-state index contributed by atoms with van der Waals surface area (Å²) in [4.78, 5) is 39.6. The zero-order chi connectivity index (χ0) is 22.4. The number of halogens is 1. The fraction of sp³-hybridized carbons (Fsp3) is 0.292. The number of H-pyrrole nitrogens is 1. The van der Waals surface area contributed by atoms with Crippen molar-refractivity contribution in [3.8, 4) is 0 Å². The van der Waals surface area contributed by atoms with Crippen molar-refractivity contribution in [2.24, 2.45) is 0 Å². The van der Waals surface area contributed by atoms with E-state index in [0.717, 1.165) is 38.9 Å². The summed E-state index contributed by atoms with van der Waals surface area (Å²) in [7, 11) is 0. The van der Waals surface area contributed by atoms with Crippen LogP contribution in [-0.4, -0.2) is 22.7 Å². The van der Waals surface area contributed by atoms with Crippen LogP contribution in [0.3, 0.4) is 0 Å². The Hall–Kier alpha value is -3.32. The van der Waals surface area contributed by atoms with Gasteiger partial charge in [-0.1, -0.05) is 42.0 Å². The van der Waals surface area contributed by atoms with Crippen molar-refractivity contribution in [1.82, 2.24) is 21.2 Å². The average Bonchev–Trinajstić information content (AvgIpc) is 3.05. The second-order valence-electron chi connectivity index (χ2n) is 7.77. The summed E-state index contributed by atoms with van der Waals surface area (Å²) in [6.45, 7) is 6.41. The van der Waals surface area contributed by atoms with E-state index in [2.05, 4.69) is 33.3 Å². The van der Waals surface area contributed by atoms with Gasteiger partial charge in [-0.25, -0.2) is 0 Å². The number of amides is 3. The highest BCUT2D eigenvalue weighted by molar-refractivity contribution is 5.93. The minimum atomic E-state index is -0.412. The second-order valence-corrected chi connectivity index (χ2v) is 7.77. The molecule has 0 saturated heterocycles. The minimum absolute atomic E-state index is 0. The van der Waals surface area contributed by atoms with E-state index in [0.29, 0.717) is 6.54 Å². The van der Waals surface area contributed by atoms with E-state index in [1.165, 1.54) is 0 Å². The van der Waals surface area contributed by atoms with E-state index < -0.39 is 5.91 Å². The van der Waals surface area contributed by atoms with Crippen LogP contribution in [-0.2, 0) is 27.3 Å². The van der Waals surface area contributed by atoms with Crippen LogP contribution in [0, 0.1) is 20.8 Å². The number of nitrogens with one attached hydrogen (secondary N) is 4. The summed E-state index contributed by atoms with van der Waals surface area (Å²) < 4.78 is 0. The Morgan fingerprint density at radius 3 is 2.25 bits per heavy atom. The molecule has 0 fully saturated rings. The van der Waals surface area contributed by atoms with Gasteiger partial charge in [0, 0.05) is 36.0 Å². The van der Waals surface area contributed by atoms with E-state index >= 15 is 0 Å². The molecular formula is C24H29ClN4O3. The lowest BCUT2D eigenvalue weighted by Gasteiger charge is -2.08. The number of aromatic nitrogens is 1. The van der Waals surface area contributed by atoms with Gasteiger partial charge in [0.2, 0.25) is 17.7 Å². The number of rotatable bonds is 7. The third-order valence-corrected chi connectivity index (χ3v) is 5.16. The molecule has 0 bridgehead atoms. The van der Waals surface area contributed by atoms with E-state index in [1.54, 1.807) is 0 Å². The molecule has 0 spiro atoms. The quantitative estimate of drug-likeness (QED) is 0.410. The van der Waals surface area contributed by atoms with Crippen LogP contribution >= 0.6 is 12.4 Å². The molecule has 1 aromatic heterocycles. The van der Waals surface area contributed by atoms with Gasteiger partial charge in [0.25, 0.3) is 0 Å². The number of carbonyl (C=O) groups excluding carboxylic acids is 3. The predicted molar refractivity (Wildman–Crippen MR) is 127 cm³/mol. The number of hydrazine groups is 1. The summed E-state index contributed by atoms with van der Waals surface area (Å²) in [5.74, 6) is -0.943. The van der Waals surface area contributed by atoms with E-state index in [1.807, 2.05) is 51.1 Å². The first kappa shape index (κ1) is 24.9. The first-order valence-corrected chi connectivity index (χ1v) is 10.3. The van der Waals surface area contributed by atoms with Gasteiger partial charge in [-0.2, -0.15) is 0 Å². The molecule has 0 atom stereocenters. The van der Waals surface area contributed by atoms with Crippen LogP contribution in [0.5, 0.6) is 0 Å². The summed E-state index contributed by atoms with van der Waals surface area (Å²) >= 11 is 0. The lowest BCUT2D eigenvalue weighted by Crippen LogP contribution is -2.42. The summed E-state index contributed by atoms with van der Waals surface area (Å²) in [6.07, 6.45) is 0.187. The van der Waals surface area contributed by atoms with Gasteiger partial charge < -0.3 is 10.3 Å². The molecular weight excluding hydrogens is 428 g/mol. The molecule has 2 aromatic carbocycles. The number of aryl methyl sites for hydroxylation is 3. The first-order chi connectivity index (χ1) is 14.8. The van der Waals surface area contributed by atoms with Gasteiger partial charge in [-0.05, 0) is 43.5 Å². The molecule has 1 heterocycles. The number of aromatic amines is 1. The predicted octanol–water partition coefficient (Wildman–Crippen LogP) is 3.30. The number of benzene rings is 2. The van der Waals surface area contributed by atoms with Gasteiger partial charge >= 0.3 is 0 Å². The fourth-order valence-electron chi connectivity index (χ4n) is 3.58. The van der Waals surface area contributed by atoms with Crippen molar-refractivity contribution in [3.63, 3.8) is 0 Å². The second kappa shape index (κ2) is 11.3. The summed E-state index contributed by atoms with van der Waals surface area (Å²) in [6, 6.07) is 13.7. The molecule has 32 heavy (non-hydrogen) atoms. The van der Waals surface area contributed by atoms with Crippen LogP contribution in [0.4, 0.5) is 0 Å². The molecule has 3 rings (SSSR count). The molecule has 0 aliphatic carbocycles. The zero-order valence-corrected chi connectivity index (χ0v) is 19.3. The fourth-order valence-corrected chi connectivity index (χ4v) is 3.58. The molecule has 3 amide bonds. The van der Waals surface area contributed by atoms with Crippen LogP contribution in [0.15, 0.2) is 42.5 Å². The Bertz CT molecular complexity index is 1110. The Kier molecular flexibility index (Phi) is 8.84. The molecule has 0 radical (unpaired) electrons. The van der Waals surface area contributed by atoms with Crippen molar-refractivity contribution < 1.29 is 14.4 Å². The molecule has 8 heteroatoms. The zero-order valence-electron chi connectivity index (χ0n) is 18.5. The van der Waals surface area contributed by atoms with Crippen molar-refractivity contribution in [1.29, 1.82) is 0 Å². The molecule has 3 aromatic rings. The molecule has 0 aliphatic heterocycles. The van der Waals surface area contributed by atoms with E-state index in [9.17, 15) is 14.4 Å². The third kappa shape index (κ3) is 6.59. The highest BCUT2D eigenvalue weighted by Gasteiger charge is 2.15. The van der Waals surface area contributed by atoms with Crippen LogP contribution in [0.25, 0.3) is 10.9 Å². The Labute approximate surface area is 193 Å². The summed E-state index contributed by atoms with van der Waals surface area (Å²) in [5, 5.41) is 3.79. The van der Waals surface area contributed by atoms with Gasteiger partial charge in [-0.3, -0.25) is 25.2 Å².